The molecule has 0 unspecified atom stereocenters. The lowest BCUT2D eigenvalue weighted by molar-refractivity contribution is -0.222. The molecule has 0 bridgehead atoms. The molecule has 0 aliphatic heterocycles. The molecular weight excluding hydrogens is 424 g/mol. The first-order chi connectivity index (χ1) is 15.6. The first-order valence-electron chi connectivity index (χ1n) is 14.0. The number of aliphatic hydroxyl groups is 4. The van der Waals surface area contributed by atoms with E-state index >= 15 is 0 Å². The average molecular weight is 475 g/mol. The zero-order valence-electron chi connectivity index (χ0n) is 22.7. The van der Waals surface area contributed by atoms with Crippen LogP contribution in [0.25, 0.3) is 0 Å². The summed E-state index contributed by atoms with van der Waals surface area (Å²) in [5, 5.41) is 43.4. The molecule has 4 heteroatoms. The summed E-state index contributed by atoms with van der Waals surface area (Å²) in [5.74, 6) is 1.32. The van der Waals surface area contributed by atoms with Crippen LogP contribution in [0.3, 0.4) is 0 Å². The summed E-state index contributed by atoms with van der Waals surface area (Å²) < 4.78 is 0. The molecule has 4 N–H and O–H groups in total. The Morgan fingerprint density at radius 3 is 2.12 bits per heavy atom. The molecule has 4 nitrogen and oxygen atoms in total. The van der Waals surface area contributed by atoms with Gasteiger partial charge in [0.1, 0.15) is 0 Å². The molecule has 4 saturated carbocycles. The van der Waals surface area contributed by atoms with Crippen LogP contribution < -0.4 is 0 Å². The topological polar surface area (TPSA) is 80.9 Å². The highest BCUT2D eigenvalue weighted by molar-refractivity contribution is 5.34. The van der Waals surface area contributed by atoms with Crippen LogP contribution in [-0.4, -0.2) is 45.3 Å². The monoisotopic (exact) mass is 474 g/mol. The van der Waals surface area contributed by atoms with Gasteiger partial charge in [0, 0.05) is 10.8 Å². The lowest BCUT2D eigenvalue weighted by Crippen LogP contribution is -2.67. The summed E-state index contributed by atoms with van der Waals surface area (Å²) in [6.07, 6.45) is 8.78. The SMILES string of the molecule is CC1(C)[C@@H](O)CC[C@]2(C)[C@H]3CC=C4[C@@H]5C[C@](C)(CO)[C@@H](O)[C@@H](O)[C@]5(C)CC[C@@]4(C)[C@]3(C)CC[C@@H]12. The van der Waals surface area contributed by atoms with Crippen LogP contribution in [0, 0.1) is 50.2 Å². The Hall–Kier alpha value is -0.420. The summed E-state index contributed by atoms with van der Waals surface area (Å²) in [4.78, 5) is 0. The number of aliphatic hydroxyl groups excluding tert-OH is 4. The molecule has 5 rings (SSSR count). The maximum absolute atomic E-state index is 11.3. The lowest BCUT2D eigenvalue weighted by Gasteiger charge is -2.71. The molecule has 5 aliphatic rings. The van der Waals surface area contributed by atoms with Gasteiger partial charge in [-0.25, -0.2) is 0 Å². The van der Waals surface area contributed by atoms with Crippen LogP contribution in [0.15, 0.2) is 11.6 Å². The Balaban J connectivity index is 1.58. The van der Waals surface area contributed by atoms with Gasteiger partial charge in [-0.2, -0.15) is 0 Å². The lowest BCUT2D eigenvalue weighted by atomic mass is 9.33. The van der Waals surface area contributed by atoms with Gasteiger partial charge >= 0.3 is 0 Å². The summed E-state index contributed by atoms with van der Waals surface area (Å²) >= 11 is 0. The minimum atomic E-state index is -0.888. The number of hydrogen-bond acceptors (Lipinski definition) is 4. The van der Waals surface area contributed by atoms with E-state index in [2.05, 4.69) is 47.6 Å². The van der Waals surface area contributed by atoms with Crippen LogP contribution in [0.5, 0.6) is 0 Å². The van der Waals surface area contributed by atoms with E-state index < -0.39 is 17.6 Å². The highest BCUT2D eigenvalue weighted by Gasteiger charge is 2.69. The zero-order valence-corrected chi connectivity index (χ0v) is 22.7. The fourth-order valence-corrected chi connectivity index (χ4v) is 10.7. The third kappa shape index (κ3) is 2.81. The number of rotatable bonds is 1. The predicted octanol–water partition coefficient (Wildman–Crippen LogP) is 5.08. The highest BCUT2D eigenvalue weighted by atomic mass is 16.3. The van der Waals surface area contributed by atoms with E-state index in [9.17, 15) is 20.4 Å². The smallest absolute Gasteiger partial charge is 0.0880 e. The molecule has 0 spiro atoms. The summed E-state index contributed by atoms with van der Waals surface area (Å²) in [6.45, 7) is 16.2. The van der Waals surface area contributed by atoms with E-state index in [0.717, 1.165) is 38.5 Å². The predicted molar refractivity (Wildman–Crippen MR) is 135 cm³/mol. The third-order valence-corrected chi connectivity index (χ3v) is 13.6. The Kier molecular flexibility index (Phi) is 5.44. The van der Waals surface area contributed by atoms with Crippen molar-refractivity contribution in [2.45, 2.75) is 118 Å². The van der Waals surface area contributed by atoms with E-state index in [4.69, 9.17) is 0 Å². The van der Waals surface area contributed by atoms with Crippen LogP contribution in [0.1, 0.15) is 99.8 Å². The van der Waals surface area contributed by atoms with E-state index in [0.29, 0.717) is 11.8 Å². The van der Waals surface area contributed by atoms with Crippen molar-refractivity contribution in [3.63, 3.8) is 0 Å². The summed E-state index contributed by atoms with van der Waals surface area (Å²) in [6, 6.07) is 0. The molecule has 0 amide bonds. The molecule has 0 aromatic heterocycles. The second kappa shape index (κ2) is 7.33. The third-order valence-electron chi connectivity index (χ3n) is 13.6. The van der Waals surface area contributed by atoms with Crippen molar-refractivity contribution in [3.05, 3.63) is 11.6 Å². The molecule has 0 saturated heterocycles. The molecule has 5 aliphatic carbocycles. The van der Waals surface area contributed by atoms with Gasteiger partial charge in [-0.15, -0.1) is 0 Å². The standard InChI is InChI=1S/C30H50O4/c1-25(2)20-10-13-30(7)21(28(20,5)12-11-22(25)32)9-8-18-19-16-26(3,17-31)23(33)24(34)27(19,4)14-15-29(18,30)6/h8,19-24,31-34H,9-17H2,1-7H3/t19-,20-,21+,22-,23-,24+,26+,27+,28-,29+,30+/m0/s1. The maximum Gasteiger partial charge on any atom is 0.0880 e. The summed E-state index contributed by atoms with van der Waals surface area (Å²) in [5.41, 5.74) is 0.905. The van der Waals surface area contributed by atoms with Gasteiger partial charge in [0.25, 0.3) is 0 Å². The quantitative estimate of drug-likeness (QED) is 0.399. The number of fused-ring (bicyclic) bond motifs is 7. The van der Waals surface area contributed by atoms with Crippen molar-refractivity contribution < 1.29 is 20.4 Å². The first kappa shape index (κ1) is 25.2. The summed E-state index contributed by atoms with van der Waals surface area (Å²) in [7, 11) is 0. The molecular formula is C30H50O4. The maximum atomic E-state index is 11.3. The van der Waals surface area contributed by atoms with Crippen molar-refractivity contribution in [1.29, 1.82) is 0 Å². The van der Waals surface area contributed by atoms with Crippen molar-refractivity contribution in [2.24, 2.45) is 50.2 Å². The molecule has 34 heavy (non-hydrogen) atoms. The highest BCUT2D eigenvalue weighted by Crippen LogP contribution is 2.75. The minimum absolute atomic E-state index is 0.0447. The second-order valence-corrected chi connectivity index (χ2v) is 15.1. The van der Waals surface area contributed by atoms with Crippen molar-refractivity contribution in [3.8, 4) is 0 Å². The molecule has 0 aromatic rings. The van der Waals surface area contributed by atoms with Crippen molar-refractivity contribution in [1.82, 2.24) is 0 Å². The largest absolute Gasteiger partial charge is 0.396 e. The van der Waals surface area contributed by atoms with Gasteiger partial charge in [0.15, 0.2) is 0 Å². The molecule has 4 fully saturated rings. The Morgan fingerprint density at radius 1 is 0.794 bits per heavy atom. The number of hydrogen-bond donors (Lipinski definition) is 4. The van der Waals surface area contributed by atoms with E-state index in [-0.39, 0.29) is 45.7 Å². The second-order valence-electron chi connectivity index (χ2n) is 15.1. The average Bonchev–Trinajstić information content (AvgIpc) is 2.77. The van der Waals surface area contributed by atoms with Gasteiger partial charge in [0.05, 0.1) is 24.9 Å². The van der Waals surface area contributed by atoms with Crippen LogP contribution in [-0.2, 0) is 0 Å². The first-order valence-corrected chi connectivity index (χ1v) is 14.0. The Morgan fingerprint density at radius 2 is 1.47 bits per heavy atom. The van der Waals surface area contributed by atoms with E-state index in [1.165, 1.54) is 18.4 Å². The molecule has 11 atom stereocenters. The van der Waals surface area contributed by atoms with Crippen LogP contribution >= 0.6 is 0 Å². The fourth-order valence-electron chi connectivity index (χ4n) is 10.7. The van der Waals surface area contributed by atoms with Gasteiger partial charge in [-0.05, 0) is 90.8 Å². The van der Waals surface area contributed by atoms with Gasteiger partial charge in [-0.1, -0.05) is 60.1 Å². The molecule has 0 aromatic carbocycles. The van der Waals surface area contributed by atoms with Crippen LogP contribution in [0.4, 0.5) is 0 Å². The van der Waals surface area contributed by atoms with E-state index in [1.807, 2.05) is 6.92 Å². The molecule has 0 heterocycles. The van der Waals surface area contributed by atoms with Gasteiger partial charge < -0.3 is 20.4 Å². The Bertz CT molecular complexity index is 881. The van der Waals surface area contributed by atoms with E-state index in [1.54, 1.807) is 0 Å². The van der Waals surface area contributed by atoms with Crippen molar-refractivity contribution >= 4 is 0 Å². The zero-order chi connectivity index (χ0) is 25.1. The normalized spacial score (nSPS) is 58.6. The van der Waals surface area contributed by atoms with Crippen LogP contribution in [0.2, 0.25) is 0 Å². The fraction of sp³-hybridized carbons (Fsp3) is 0.933. The number of allylic oxidation sites excluding steroid dienone is 2. The molecule has 194 valence electrons. The van der Waals surface area contributed by atoms with Gasteiger partial charge in [-0.3, -0.25) is 0 Å². The van der Waals surface area contributed by atoms with Gasteiger partial charge in [0.2, 0.25) is 0 Å². The minimum Gasteiger partial charge on any atom is -0.396 e. The van der Waals surface area contributed by atoms with Crippen molar-refractivity contribution in [2.75, 3.05) is 6.61 Å². The molecule has 0 radical (unpaired) electrons. The Labute approximate surface area is 207 Å².